The van der Waals surface area contributed by atoms with E-state index in [0.717, 1.165) is 29.5 Å². The summed E-state index contributed by atoms with van der Waals surface area (Å²) < 4.78 is 34.8. The Bertz CT molecular complexity index is 1550. The summed E-state index contributed by atoms with van der Waals surface area (Å²) in [5, 5.41) is 4.80. The van der Waals surface area contributed by atoms with E-state index in [0.29, 0.717) is 41.3 Å². The van der Waals surface area contributed by atoms with Crippen molar-refractivity contribution in [1.29, 1.82) is 0 Å². The molecule has 0 bridgehead atoms. The van der Waals surface area contributed by atoms with Crippen LogP contribution in [0.25, 0.3) is 10.8 Å². The van der Waals surface area contributed by atoms with Crippen LogP contribution in [0, 0.1) is 0 Å². The number of nitrogens with two attached hydrogens (primary N) is 1. The molecule has 1 aliphatic heterocycles. The van der Waals surface area contributed by atoms with Gasteiger partial charge in [-0.3, -0.25) is 0 Å². The van der Waals surface area contributed by atoms with Crippen molar-refractivity contribution in [2.24, 2.45) is 5.73 Å². The molecule has 3 aromatic rings. The number of pyridine rings is 3. The van der Waals surface area contributed by atoms with E-state index in [2.05, 4.69) is 15.3 Å². The molecule has 1 fully saturated rings. The second-order valence-corrected chi connectivity index (χ2v) is 13.4. The number of rotatable bonds is 9. The molecule has 3 N–H and O–H groups in total. The van der Waals surface area contributed by atoms with Gasteiger partial charge in [0, 0.05) is 24.2 Å². The number of aromatic nitrogens is 3. The first kappa shape index (κ1) is 27.3. The summed E-state index contributed by atoms with van der Waals surface area (Å²) in [4.78, 5) is 26.4. The zero-order valence-electron chi connectivity index (χ0n) is 22.9. The van der Waals surface area contributed by atoms with Gasteiger partial charge in [-0.15, -0.1) is 0 Å². The number of anilines is 2. The number of ether oxygens (including phenoxy) is 2. The van der Waals surface area contributed by atoms with Crippen LogP contribution in [0.1, 0.15) is 75.0 Å². The smallest absolute Gasteiger partial charge is 0.340 e. The van der Waals surface area contributed by atoms with Crippen LogP contribution in [0.15, 0.2) is 30.6 Å². The number of esters is 1. The van der Waals surface area contributed by atoms with Gasteiger partial charge in [0.25, 0.3) is 0 Å². The first-order valence-corrected chi connectivity index (χ1v) is 15.3. The molecule has 5 rings (SSSR count). The minimum Gasteiger partial charge on any atom is -0.474 e. The summed E-state index contributed by atoms with van der Waals surface area (Å²) in [5.74, 6) is 1.20. The van der Waals surface area contributed by atoms with Crippen LogP contribution >= 0.6 is 0 Å². The molecule has 39 heavy (non-hydrogen) atoms. The fraction of sp³-hybridized carbons (Fsp3) is 0.500. The number of nitrogens with zero attached hydrogens (tertiary/aromatic N) is 3. The average Bonchev–Trinajstić information content (AvgIpc) is 3.68. The number of sulfone groups is 1. The van der Waals surface area contributed by atoms with E-state index in [9.17, 15) is 13.2 Å². The normalized spacial score (nSPS) is 20.2. The summed E-state index contributed by atoms with van der Waals surface area (Å²) in [7, 11) is -3.10. The molecule has 4 heterocycles. The first-order chi connectivity index (χ1) is 18.3. The van der Waals surface area contributed by atoms with Crippen LogP contribution in [0.5, 0.6) is 5.88 Å². The largest absolute Gasteiger partial charge is 0.474 e. The summed E-state index contributed by atoms with van der Waals surface area (Å²) in [5.41, 5.74) is 7.93. The van der Waals surface area contributed by atoms with E-state index in [4.69, 9.17) is 20.2 Å². The SMILES string of the molecule is CCC(C)(N)c1cnc(O[C@@H](C)CCS(C)(=O)=O)c2cnc(Nc3ccc4c(n3)C3(CC3)[C@H](C)OC4=O)cc12. The van der Waals surface area contributed by atoms with Crippen molar-refractivity contribution in [1.82, 2.24) is 15.0 Å². The molecule has 0 saturated heterocycles. The molecular formula is C28H35N5O5S. The van der Waals surface area contributed by atoms with Crippen molar-refractivity contribution < 1.29 is 22.7 Å². The van der Waals surface area contributed by atoms with Gasteiger partial charge in [0.1, 0.15) is 27.6 Å². The second kappa shape index (κ2) is 9.71. The lowest BCUT2D eigenvalue weighted by Crippen LogP contribution is -2.36. The maximum Gasteiger partial charge on any atom is 0.340 e. The van der Waals surface area contributed by atoms with Gasteiger partial charge in [0.15, 0.2) is 0 Å². The Hall–Kier alpha value is -3.31. The first-order valence-electron chi connectivity index (χ1n) is 13.2. The Balaban J connectivity index is 1.49. The Kier molecular flexibility index (Phi) is 6.79. The zero-order chi connectivity index (χ0) is 28.2. The quantitative estimate of drug-likeness (QED) is 0.371. The van der Waals surface area contributed by atoms with Crippen LogP contribution in [0.4, 0.5) is 11.6 Å². The number of carbonyl (C=O) groups is 1. The van der Waals surface area contributed by atoms with Gasteiger partial charge in [-0.25, -0.2) is 28.2 Å². The van der Waals surface area contributed by atoms with Crippen molar-refractivity contribution in [3.05, 3.63) is 47.4 Å². The molecule has 1 aliphatic carbocycles. The minimum atomic E-state index is -3.10. The predicted molar refractivity (Wildman–Crippen MR) is 149 cm³/mol. The maximum absolute atomic E-state index is 12.4. The minimum absolute atomic E-state index is 0.0266. The summed E-state index contributed by atoms with van der Waals surface area (Å²) in [6, 6.07) is 5.40. The van der Waals surface area contributed by atoms with Crippen molar-refractivity contribution in [2.75, 3.05) is 17.3 Å². The van der Waals surface area contributed by atoms with Gasteiger partial charge in [-0.1, -0.05) is 6.92 Å². The molecule has 0 amide bonds. The van der Waals surface area contributed by atoms with E-state index >= 15 is 0 Å². The molecule has 1 spiro atoms. The second-order valence-electron chi connectivity index (χ2n) is 11.1. The lowest BCUT2D eigenvalue weighted by molar-refractivity contribution is 0.0183. The van der Waals surface area contributed by atoms with E-state index < -0.39 is 15.4 Å². The lowest BCUT2D eigenvalue weighted by atomic mass is 9.88. The van der Waals surface area contributed by atoms with Crippen LogP contribution in [0.3, 0.4) is 0 Å². The molecule has 3 aromatic heterocycles. The number of carbonyl (C=O) groups excluding carboxylic acids is 1. The molecule has 2 aliphatic rings. The zero-order valence-corrected chi connectivity index (χ0v) is 23.8. The molecule has 1 unspecified atom stereocenters. The lowest BCUT2D eigenvalue weighted by Gasteiger charge is -2.30. The molecule has 1 saturated carbocycles. The number of nitrogens with one attached hydrogen (secondary N) is 1. The third-order valence-electron chi connectivity index (χ3n) is 7.99. The van der Waals surface area contributed by atoms with Gasteiger partial charge < -0.3 is 20.5 Å². The highest BCUT2D eigenvalue weighted by atomic mass is 32.2. The monoisotopic (exact) mass is 553 g/mol. The van der Waals surface area contributed by atoms with Crippen molar-refractivity contribution >= 4 is 38.2 Å². The molecule has 208 valence electrons. The van der Waals surface area contributed by atoms with E-state index in [-0.39, 0.29) is 29.3 Å². The Morgan fingerprint density at radius 2 is 1.97 bits per heavy atom. The third-order valence-corrected chi connectivity index (χ3v) is 8.96. The van der Waals surface area contributed by atoms with E-state index in [1.54, 1.807) is 24.5 Å². The fourth-order valence-electron chi connectivity index (χ4n) is 5.06. The molecule has 10 nitrogen and oxygen atoms in total. The summed E-state index contributed by atoms with van der Waals surface area (Å²) in [6.45, 7) is 7.71. The van der Waals surface area contributed by atoms with Gasteiger partial charge in [-0.05, 0) is 75.6 Å². The molecule has 0 aromatic carbocycles. The topological polar surface area (TPSA) is 146 Å². The standard InChI is InChI=1S/C28H35N5O5S/c1-6-27(4,29)21-15-31-25(37-16(2)9-12-39(5,35)36)20-14-30-23(13-19(20)21)32-22-8-7-18-24(33-22)28(10-11-28)17(3)38-26(18)34/h7-8,13-17H,6,9-12,29H2,1-5H3,(H,30,32,33)/t16-,17-,27?/m0/s1. The van der Waals surface area contributed by atoms with Crippen molar-refractivity contribution in [2.45, 2.75) is 76.5 Å². The molecule has 11 heteroatoms. The number of fused-ring (bicyclic) bond motifs is 3. The fourth-order valence-corrected chi connectivity index (χ4v) is 5.82. The van der Waals surface area contributed by atoms with Crippen molar-refractivity contribution in [3.8, 4) is 5.88 Å². The average molecular weight is 554 g/mol. The van der Waals surface area contributed by atoms with Gasteiger partial charge in [0.2, 0.25) is 5.88 Å². The van der Waals surface area contributed by atoms with Crippen molar-refractivity contribution in [3.63, 3.8) is 0 Å². The van der Waals surface area contributed by atoms with Gasteiger partial charge in [0.05, 0.1) is 33.9 Å². The van der Waals surface area contributed by atoms with Crippen LogP contribution < -0.4 is 15.8 Å². The summed E-state index contributed by atoms with van der Waals surface area (Å²) >= 11 is 0. The van der Waals surface area contributed by atoms with Crippen LogP contribution in [-0.2, 0) is 25.5 Å². The van der Waals surface area contributed by atoms with E-state index in [1.165, 1.54) is 6.26 Å². The van der Waals surface area contributed by atoms with Gasteiger partial charge >= 0.3 is 5.97 Å². The highest BCUT2D eigenvalue weighted by Gasteiger charge is 2.56. The van der Waals surface area contributed by atoms with Crippen LogP contribution in [-0.4, -0.2) is 53.6 Å². The summed E-state index contributed by atoms with van der Waals surface area (Å²) in [6.07, 6.45) is 6.94. The Labute approximate surface area is 228 Å². The van der Waals surface area contributed by atoms with Crippen LogP contribution in [0.2, 0.25) is 0 Å². The third kappa shape index (κ3) is 5.29. The number of cyclic esters (lactones) is 1. The molecule has 0 radical (unpaired) electrons. The number of hydrogen-bond acceptors (Lipinski definition) is 10. The Morgan fingerprint density at radius 3 is 2.64 bits per heavy atom. The maximum atomic E-state index is 12.4. The predicted octanol–water partition coefficient (Wildman–Crippen LogP) is 4.14. The Morgan fingerprint density at radius 1 is 1.23 bits per heavy atom. The van der Waals surface area contributed by atoms with Gasteiger partial charge in [-0.2, -0.15) is 0 Å². The van der Waals surface area contributed by atoms with E-state index in [1.807, 2.05) is 33.8 Å². The highest BCUT2D eigenvalue weighted by Crippen LogP contribution is 2.54. The number of hydrogen-bond donors (Lipinski definition) is 2. The highest BCUT2D eigenvalue weighted by molar-refractivity contribution is 7.90. The molecular weight excluding hydrogens is 518 g/mol. The molecule has 3 atom stereocenters.